The minimum Gasteiger partial charge on any atom is -0.336 e. The third-order valence-corrected chi connectivity index (χ3v) is 3.90. The predicted octanol–water partition coefficient (Wildman–Crippen LogP) is 3.18. The first-order valence-electron chi connectivity index (χ1n) is 8.59. The average molecular weight is 420 g/mol. The van der Waals surface area contributed by atoms with Crippen LogP contribution in [0.4, 0.5) is 10.5 Å². The molecule has 7 nitrogen and oxygen atoms in total. The predicted molar refractivity (Wildman–Crippen MR) is 115 cm³/mol. The summed E-state index contributed by atoms with van der Waals surface area (Å²) in [7, 11) is 0. The van der Waals surface area contributed by atoms with Crippen LogP contribution in [0.5, 0.6) is 0 Å². The van der Waals surface area contributed by atoms with Crippen molar-refractivity contribution >= 4 is 46.6 Å². The van der Waals surface area contributed by atoms with Crippen LogP contribution in [0, 0.1) is 0 Å². The molecule has 0 spiro atoms. The van der Waals surface area contributed by atoms with Crippen LogP contribution < -0.4 is 26.8 Å². The number of hydrogen-bond donors (Lipinski definition) is 5. The summed E-state index contributed by atoms with van der Waals surface area (Å²) in [4.78, 5) is 23.8. The zero-order chi connectivity index (χ0) is 20.5. The summed E-state index contributed by atoms with van der Waals surface area (Å²) in [5.74, 6) is -0.340. The standard InChI is InChI=1S/C19H22ClN5O2S/c1-12(2)22-18(27)21-11-13-6-8-14(9-7-13)17(26)24-25-19(28)23-16-5-3-4-15(20)10-16/h3-10,12H,11H2,1-2H3,(H,24,26)(H2,21,22,27)(H2,23,25,28). The van der Waals surface area contributed by atoms with Gasteiger partial charge in [-0.25, -0.2) is 4.79 Å². The summed E-state index contributed by atoms with van der Waals surface area (Å²) >= 11 is 11.0. The Hall–Kier alpha value is -2.84. The second kappa shape index (κ2) is 10.5. The Balaban J connectivity index is 1.79. The molecular weight excluding hydrogens is 398 g/mol. The number of carbonyl (C=O) groups is 2. The molecule has 0 fully saturated rings. The molecule has 2 aromatic carbocycles. The van der Waals surface area contributed by atoms with E-state index < -0.39 is 0 Å². The highest BCUT2D eigenvalue weighted by Crippen LogP contribution is 2.14. The lowest BCUT2D eigenvalue weighted by molar-refractivity contribution is 0.0944. The zero-order valence-electron chi connectivity index (χ0n) is 15.5. The quantitative estimate of drug-likeness (QED) is 0.379. The minimum atomic E-state index is -0.340. The average Bonchev–Trinajstić information content (AvgIpc) is 2.64. The van der Waals surface area contributed by atoms with E-state index >= 15 is 0 Å². The number of halogens is 1. The minimum absolute atomic E-state index is 0.0676. The number of anilines is 1. The maximum absolute atomic E-state index is 12.2. The number of nitrogens with one attached hydrogen (secondary N) is 5. The molecule has 9 heteroatoms. The molecular formula is C19H22ClN5O2S. The van der Waals surface area contributed by atoms with Crippen LogP contribution in [0.25, 0.3) is 0 Å². The fourth-order valence-electron chi connectivity index (χ4n) is 2.18. The fraction of sp³-hybridized carbons (Fsp3) is 0.211. The summed E-state index contributed by atoms with van der Waals surface area (Å²) in [6, 6.07) is 13.8. The molecule has 0 bridgehead atoms. The molecule has 0 heterocycles. The molecule has 0 aliphatic heterocycles. The topological polar surface area (TPSA) is 94.3 Å². The summed E-state index contributed by atoms with van der Waals surface area (Å²) in [5, 5.41) is 9.21. The van der Waals surface area contributed by atoms with Gasteiger partial charge in [0.1, 0.15) is 0 Å². The Bertz CT molecular complexity index is 842. The molecule has 0 aliphatic rings. The summed E-state index contributed by atoms with van der Waals surface area (Å²) < 4.78 is 0. The lowest BCUT2D eigenvalue weighted by Crippen LogP contribution is -2.43. The molecule has 2 rings (SSSR count). The lowest BCUT2D eigenvalue weighted by atomic mass is 10.1. The molecule has 0 radical (unpaired) electrons. The maximum Gasteiger partial charge on any atom is 0.315 e. The number of rotatable bonds is 5. The first-order valence-corrected chi connectivity index (χ1v) is 9.38. The van der Waals surface area contributed by atoms with Gasteiger partial charge in [0, 0.05) is 28.9 Å². The molecule has 0 aliphatic carbocycles. The second-order valence-electron chi connectivity index (χ2n) is 6.22. The van der Waals surface area contributed by atoms with Gasteiger partial charge in [0.05, 0.1) is 0 Å². The van der Waals surface area contributed by atoms with Gasteiger partial charge in [-0.1, -0.05) is 29.8 Å². The van der Waals surface area contributed by atoms with Gasteiger partial charge in [-0.05, 0) is 62.0 Å². The molecule has 3 amide bonds. The van der Waals surface area contributed by atoms with Crippen LogP contribution in [-0.4, -0.2) is 23.1 Å². The number of benzene rings is 2. The Labute approximate surface area is 174 Å². The second-order valence-corrected chi connectivity index (χ2v) is 7.07. The summed E-state index contributed by atoms with van der Waals surface area (Å²) in [6.45, 7) is 4.14. The van der Waals surface area contributed by atoms with E-state index in [9.17, 15) is 9.59 Å². The molecule has 0 aromatic heterocycles. The van der Waals surface area contributed by atoms with Gasteiger partial charge in [-0.2, -0.15) is 0 Å². The van der Waals surface area contributed by atoms with Crippen LogP contribution in [0.3, 0.4) is 0 Å². The van der Waals surface area contributed by atoms with E-state index in [1.807, 2.05) is 13.8 Å². The van der Waals surface area contributed by atoms with Crippen LogP contribution in [0.1, 0.15) is 29.8 Å². The van der Waals surface area contributed by atoms with Gasteiger partial charge in [0.25, 0.3) is 5.91 Å². The van der Waals surface area contributed by atoms with Gasteiger partial charge in [0.15, 0.2) is 5.11 Å². The van der Waals surface area contributed by atoms with Crippen molar-refractivity contribution in [2.75, 3.05) is 5.32 Å². The SMILES string of the molecule is CC(C)NC(=O)NCc1ccc(C(=O)NNC(=S)Nc2cccc(Cl)c2)cc1. The van der Waals surface area contributed by atoms with Crippen molar-refractivity contribution in [2.45, 2.75) is 26.4 Å². The normalized spacial score (nSPS) is 10.1. The molecule has 148 valence electrons. The lowest BCUT2D eigenvalue weighted by Gasteiger charge is -2.12. The highest BCUT2D eigenvalue weighted by molar-refractivity contribution is 7.80. The maximum atomic E-state index is 12.2. The Kier molecular flexibility index (Phi) is 8.03. The molecule has 28 heavy (non-hydrogen) atoms. The van der Waals surface area contributed by atoms with E-state index in [0.717, 1.165) is 5.56 Å². The Morgan fingerprint density at radius 2 is 1.79 bits per heavy atom. The van der Waals surface area contributed by atoms with Crippen LogP contribution in [0.15, 0.2) is 48.5 Å². The van der Waals surface area contributed by atoms with Crippen LogP contribution in [-0.2, 0) is 6.54 Å². The molecule has 5 N–H and O–H groups in total. The molecule has 2 aromatic rings. The number of amides is 3. The number of urea groups is 1. The van der Waals surface area contributed by atoms with E-state index in [2.05, 4.69) is 26.8 Å². The number of hydrogen-bond acceptors (Lipinski definition) is 3. The monoisotopic (exact) mass is 419 g/mol. The van der Waals surface area contributed by atoms with E-state index in [0.29, 0.717) is 22.8 Å². The summed E-state index contributed by atoms with van der Waals surface area (Å²) in [5.41, 5.74) is 7.19. The van der Waals surface area contributed by atoms with Crippen molar-refractivity contribution in [3.63, 3.8) is 0 Å². The van der Waals surface area contributed by atoms with Crippen LogP contribution >= 0.6 is 23.8 Å². The molecule has 0 saturated carbocycles. The van der Waals surface area contributed by atoms with Crippen molar-refractivity contribution in [3.05, 3.63) is 64.7 Å². The van der Waals surface area contributed by atoms with E-state index in [-0.39, 0.29) is 23.1 Å². The van der Waals surface area contributed by atoms with Gasteiger partial charge in [-0.15, -0.1) is 0 Å². The molecule has 0 atom stereocenters. The smallest absolute Gasteiger partial charge is 0.315 e. The third-order valence-electron chi connectivity index (χ3n) is 3.46. The first-order chi connectivity index (χ1) is 13.3. The van der Waals surface area contributed by atoms with Gasteiger partial charge < -0.3 is 16.0 Å². The van der Waals surface area contributed by atoms with Crippen molar-refractivity contribution in [1.29, 1.82) is 0 Å². The van der Waals surface area contributed by atoms with E-state index in [4.69, 9.17) is 23.8 Å². The first kappa shape index (κ1) is 21.5. The van der Waals surface area contributed by atoms with Gasteiger partial charge in [-0.3, -0.25) is 15.6 Å². The van der Waals surface area contributed by atoms with Crippen LogP contribution in [0.2, 0.25) is 5.02 Å². The van der Waals surface area contributed by atoms with Crippen molar-refractivity contribution < 1.29 is 9.59 Å². The summed E-state index contributed by atoms with van der Waals surface area (Å²) in [6.07, 6.45) is 0. The fourth-order valence-corrected chi connectivity index (χ4v) is 2.54. The van der Waals surface area contributed by atoms with Crippen molar-refractivity contribution in [2.24, 2.45) is 0 Å². The Morgan fingerprint density at radius 3 is 2.43 bits per heavy atom. The zero-order valence-corrected chi connectivity index (χ0v) is 17.1. The number of carbonyl (C=O) groups excluding carboxylic acids is 2. The van der Waals surface area contributed by atoms with E-state index in [1.165, 1.54) is 0 Å². The highest BCUT2D eigenvalue weighted by atomic mass is 35.5. The van der Waals surface area contributed by atoms with Gasteiger partial charge >= 0.3 is 6.03 Å². The highest BCUT2D eigenvalue weighted by Gasteiger charge is 2.07. The largest absolute Gasteiger partial charge is 0.336 e. The van der Waals surface area contributed by atoms with E-state index in [1.54, 1.807) is 48.5 Å². The number of hydrazine groups is 1. The number of thiocarbonyl (C=S) groups is 1. The third kappa shape index (κ3) is 7.42. The van der Waals surface area contributed by atoms with Crippen molar-refractivity contribution in [3.8, 4) is 0 Å². The van der Waals surface area contributed by atoms with Gasteiger partial charge in [0.2, 0.25) is 0 Å². The molecule has 0 unspecified atom stereocenters. The Morgan fingerprint density at radius 1 is 1.07 bits per heavy atom. The molecule has 0 saturated heterocycles. The van der Waals surface area contributed by atoms with Crippen molar-refractivity contribution in [1.82, 2.24) is 21.5 Å².